The molecular weight excluding hydrogens is 426 g/mol. The van der Waals surface area contributed by atoms with Gasteiger partial charge in [0.15, 0.2) is 0 Å². The molecule has 0 saturated carbocycles. The van der Waals surface area contributed by atoms with Gasteiger partial charge in [0.25, 0.3) is 17.3 Å². The Labute approximate surface area is 181 Å². The number of nitrogens with one attached hydrogen (secondary N) is 1. The summed E-state index contributed by atoms with van der Waals surface area (Å²) in [4.78, 5) is 47.2. The lowest BCUT2D eigenvalue weighted by Crippen LogP contribution is -2.16. The summed E-state index contributed by atoms with van der Waals surface area (Å²) in [5.74, 6) is -1.37. The molecule has 1 aliphatic carbocycles. The van der Waals surface area contributed by atoms with Crippen LogP contribution in [0.3, 0.4) is 0 Å². The van der Waals surface area contributed by atoms with Gasteiger partial charge in [-0.25, -0.2) is 4.79 Å². The summed E-state index contributed by atoms with van der Waals surface area (Å²) in [6.45, 7) is 1.86. The van der Waals surface area contributed by atoms with Crippen LogP contribution in [-0.4, -0.2) is 28.3 Å². The standard InChI is InChI=1S/C20H21N3O7S/c1-2-30-20(25)17-14-7-5-3-4-6-8-16(14)31-19(17)21-18(24)13-10-9-12(22(26)27)11-15(13)23(28)29/h9-11H,2-8H2,1H3,(H,21,24). The molecule has 0 saturated heterocycles. The topological polar surface area (TPSA) is 142 Å². The number of aryl methyl sites for hydroxylation is 1. The fraction of sp³-hybridized carbons (Fsp3) is 0.400. The Morgan fingerprint density at radius 2 is 1.81 bits per heavy atom. The Bertz CT molecular complexity index is 1050. The molecule has 0 bridgehead atoms. The van der Waals surface area contributed by atoms with Crippen LogP contribution in [0.15, 0.2) is 18.2 Å². The maximum Gasteiger partial charge on any atom is 0.341 e. The molecule has 1 aliphatic rings. The number of hydrogen-bond acceptors (Lipinski definition) is 8. The molecule has 3 rings (SSSR count). The number of fused-ring (bicyclic) bond motifs is 1. The van der Waals surface area contributed by atoms with Crippen LogP contribution >= 0.6 is 11.3 Å². The Kier molecular flexibility index (Phi) is 6.95. The number of nitrogens with zero attached hydrogens (tertiary/aromatic N) is 2. The van der Waals surface area contributed by atoms with Gasteiger partial charge in [0.2, 0.25) is 0 Å². The van der Waals surface area contributed by atoms with Crippen LogP contribution in [0.4, 0.5) is 16.4 Å². The van der Waals surface area contributed by atoms with E-state index in [1.54, 1.807) is 6.92 Å². The number of rotatable bonds is 6. The fourth-order valence-corrected chi connectivity index (χ4v) is 4.85. The van der Waals surface area contributed by atoms with E-state index in [1.807, 2.05) is 0 Å². The van der Waals surface area contributed by atoms with Gasteiger partial charge in [-0.3, -0.25) is 25.0 Å². The number of ether oxygens (including phenoxy) is 1. The molecule has 1 aromatic heterocycles. The third kappa shape index (κ3) is 4.88. The third-order valence-corrected chi connectivity index (χ3v) is 6.22. The zero-order valence-electron chi connectivity index (χ0n) is 16.8. The monoisotopic (exact) mass is 447 g/mol. The molecule has 1 N–H and O–H groups in total. The quantitative estimate of drug-likeness (QED) is 0.386. The molecule has 164 valence electrons. The molecule has 0 spiro atoms. The largest absolute Gasteiger partial charge is 0.462 e. The average molecular weight is 447 g/mol. The van der Waals surface area contributed by atoms with Crippen molar-refractivity contribution in [3.63, 3.8) is 0 Å². The van der Waals surface area contributed by atoms with Crippen molar-refractivity contribution in [2.75, 3.05) is 11.9 Å². The number of benzene rings is 1. The zero-order valence-corrected chi connectivity index (χ0v) is 17.7. The number of carbonyl (C=O) groups is 2. The van der Waals surface area contributed by atoms with Gasteiger partial charge in [0.1, 0.15) is 10.6 Å². The van der Waals surface area contributed by atoms with Crippen LogP contribution in [0.5, 0.6) is 0 Å². The van der Waals surface area contributed by atoms with Crippen LogP contribution in [-0.2, 0) is 17.6 Å². The highest BCUT2D eigenvalue weighted by molar-refractivity contribution is 7.17. The molecule has 1 amide bonds. The Hall–Kier alpha value is -3.34. The first-order valence-corrected chi connectivity index (χ1v) is 10.7. The van der Waals surface area contributed by atoms with Gasteiger partial charge in [-0.1, -0.05) is 12.8 Å². The van der Waals surface area contributed by atoms with E-state index in [-0.39, 0.29) is 17.2 Å². The second kappa shape index (κ2) is 9.65. The van der Waals surface area contributed by atoms with Crippen LogP contribution in [0.2, 0.25) is 0 Å². The van der Waals surface area contributed by atoms with Gasteiger partial charge in [0, 0.05) is 10.9 Å². The molecule has 0 radical (unpaired) electrons. The van der Waals surface area contributed by atoms with E-state index in [2.05, 4.69) is 5.32 Å². The lowest BCUT2D eigenvalue weighted by molar-refractivity contribution is -0.394. The van der Waals surface area contributed by atoms with E-state index < -0.39 is 33.1 Å². The number of thiophene rings is 1. The number of nitro benzene ring substituents is 2. The van der Waals surface area contributed by atoms with Gasteiger partial charge in [-0.15, -0.1) is 11.3 Å². The van der Waals surface area contributed by atoms with E-state index in [0.29, 0.717) is 12.0 Å². The van der Waals surface area contributed by atoms with E-state index in [9.17, 15) is 29.8 Å². The Morgan fingerprint density at radius 1 is 1.10 bits per heavy atom. The van der Waals surface area contributed by atoms with Crippen LogP contribution < -0.4 is 5.32 Å². The summed E-state index contributed by atoms with van der Waals surface area (Å²) in [6.07, 6.45) is 5.48. The highest BCUT2D eigenvalue weighted by Gasteiger charge is 2.29. The van der Waals surface area contributed by atoms with Crippen LogP contribution in [0.1, 0.15) is 63.8 Å². The van der Waals surface area contributed by atoms with Crippen molar-refractivity contribution in [1.29, 1.82) is 0 Å². The van der Waals surface area contributed by atoms with Gasteiger partial charge in [0.05, 0.1) is 28.1 Å². The molecule has 1 heterocycles. The molecule has 11 heteroatoms. The summed E-state index contributed by atoms with van der Waals surface area (Å²) in [5.41, 5.74) is -0.349. The molecular formula is C20H21N3O7S. The second-order valence-electron chi connectivity index (χ2n) is 7.01. The number of non-ortho nitro benzene ring substituents is 1. The lowest BCUT2D eigenvalue weighted by Gasteiger charge is -2.11. The average Bonchev–Trinajstić information content (AvgIpc) is 3.03. The predicted octanol–water partition coefficient (Wildman–Crippen LogP) is 4.65. The van der Waals surface area contributed by atoms with E-state index in [1.165, 1.54) is 11.3 Å². The van der Waals surface area contributed by atoms with Crippen molar-refractivity contribution in [3.8, 4) is 0 Å². The molecule has 31 heavy (non-hydrogen) atoms. The number of esters is 1. The molecule has 0 aliphatic heterocycles. The summed E-state index contributed by atoms with van der Waals surface area (Å²) < 4.78 is 5.19. The molecule has 0 fully saturated rings. The first kappa shape index (κ1) is 22.3. The highest BCUT2D eigenvalue weighted by atomic mass is 32.1. The van der Waals surface area contributed by atoms with Crippen LogP contribution in [0.25, 0.3) is 0 Å². The predicted molar refractivity (Wildman–Crippen MR) is 114 cm³/mol. The van der Waals surface area contributed by atoms with Gasteiger partial charge >= 0.3 is 5.97 Å². The van der Waals surface area contributed by atoms with Crippen molar-refractivity contribution in [1.82, 2.24) is 0 Å². The van der Waals surface area contributed by atoms with E-state index in [0.717, 1.165) is 60.7 Å². The smallest absolute Gasteiger partial charge is 0.341 e. The first-order chi connectivity index (χ1) is 14.8. The minimum atomic E-state index is -0.845. The van der Waals surface area contributed by atoms with Crippen molar-refractivity contribution < 1.29 is 24.2 Å². The zero-order chi connectivity index (χ0) is 22.5. The molecule has 0 unspecified atom stereocenters. The molecule has 10 nitrogen and oxygen atoms in total. The highest BCUT2D eigenvalue weighted by Crippen LogP contribution is 2.38. The number of amides is 1. The van der Waals surface area contributed by atoms with Crippen molar-refractivity contribution in [3.05, 3.63) is 60.0 Å². The van der Waals surface area contributed by atoms with Crippen molar-refractivity contribution in [2.24, 2.45) is 0 Å². The van der Waals surface area contributed by atoms with Crippen LogP contribution in [0, 0.1) is 20.2 Å². The van der Waals surface area contributed by atoms with E-state index >= 15 is 0 Å². The number of nitro groups is 2. The summed E-state index contributed by atoms with van der Waals surface area (Å²) >= 11 is 1.27. The minimum absolute atomic E-state index is 0.171. The molecule has 0 atom stereocenters. The SMILES string of the molecule is CCOC(=O)c1c(NC(=O)c2ccc([N+](=O)[O-])cc2[N+](=O)[O-])sc2c1CCCCCC2. The first-order valence-electron chi connectivity index (χ1n) is 9.89. The van der Waals surface area contributed by atoms with Gasteiger partial charge < -0.3 is 10.1 Å². The maximum absolute atomic E-state index is 12.9. The minimum Gasteiger partial charge on any atom is -0.462 e. The van der Waals surface area contributed by atoms with Crippen molar-refractivity contribution >= 4 is 39.6 Å². The molecule has 1 aromatic carbocycles. The third-order valence-electron chi connectivity index (χ3n) is 5.01. The lowest BCUT2D eigenvalue weighted by atomic mass is 9.96. The summed E-state index contributed by atoms with van der Waals surface area (Å²) in [6, 6.07) is 2.82. The van der Waals surface area contributed by atoms with Crippen molar-refractivity contribution in [2.45, 2.75) is 45.4 Å². The Balaban J connectivity index is 2.01. The summed E-state index contributed by atoms with van der Waals surface area (Å²) in [5, 5.41) is 25.2. The van der Waals surface area contributed by atoms with Gasteiger partial charge in [-0.2, -0.15) is 0 Å². The van der Waals surface area contributed by atoms with E-state index in [4.69, 9.17) is 4.74 Å². The second-order valence-corrected chi connectivity index (χ2v) is 8.12. The molecule has 2 aromatic rings. The normalized spacial score (nSPS) is 13.5. The maximum atomic E-state index is 12.9. The number of anilines is 1. The number of carbonyl (C=O) groups excluding carboxylic acids is 2. The fourth-order valence-electron chi connectivity index (χ4n) is 3.57. The Morgan fingerprint density at radius 3 is 2.45 bits per heavy atom. The number of hydrogen-bond donors (Lipinski definition) is 1. The van der Waals surface area contributed by atoms with Gasteiger partial charge in [-0.05, 0) is 44.2 Å². The summed E-state index contributed by atoms with van der Waals surface area (Å²) in [7, 11) is 0.